The molecule has 0 spiro atoms. The molecule has 1 nitrogen and oxygen atoms in total. The molecule has 1 aromatic heterocycles. The third-order valence-electron chi connectivity index (χ3n) is 2.59. The average Bonchev–Trinajstić information content (AvgIpc) is 2.51. The van der Waals surface area contributed by atoms with Crippen molar-refractivity contribution in [1.29, 1.82) is 0 Å². The number of aryl methyl sites for hydroxylation is 2. The van der Waals surface area contributed by atoms with Gasteiger partial charge in [-0.15, -0.1) is 0 Å². The minimum atomic E-state index is -2.50. The Labute approximate surface area is 128 Å². The quantitative estimate of drug-likeness (QED) is 0.745. The largest absolute Gasteiger partial charge is 0.256 e. The predicted octanol–water partition coefficient (Wildman–Crippen LogP) is 4.95. The first-order valence-electron chi connectivity index (χ1n) is 10.2. The summed E-state index contributed by atoms with van der Waals surface area (Å²) in [5.41, 5.74) is 0.284. The average molecular weight is 261 g/mol. The fourth-order valence-corrected chi connectivity index (χ4v) is 1.76. The molecule has 0 aliphatic heterocycles. The van der Waals surface area contributed by atoms with Gasteiger partial charge in [0.2, 0.25) is 0 Å². The molecule has 19 heavy (non-hydrogen) atoms. The Morgan fingerprint density at radius 3 is 2.47 bits per heavy atom. The molecular weight excluding hydrogens is 230 g/mol. The fourth-order valence-electron chi connectivity index (χ4n) is 1.76. The Balaban J connectivity index is 2.63. The number of benzene rings is 1. The fraction of sp³-hybridized carbons (Fsp3) is 0.389. The van der Waals surface area contributed by atoms with Crippen LogP contribution in [0.3, 0.4) is 0 Å². The lowest BCUT2D eigenvalue weighted by Crippen LogP contribution is -2.10. The topological polar surface area (TPSA) is 12.9 Å². The van der Waals surface area contributed by atoms with E-state index in [-0.39, 0.29) is 16.7 Å². The second-order valence-corrected chi connectivity index (χ2v) is 5.57. The number of aromatic nitrogens is 1. The first-order chi connectivity index (χ1) is 12.0. The molecule has 0 unspecified atom stereocenters. The van der Waals surface area contributed by atoms with Gasteiger partial charge in [0.25, 0.3) is 0 Å². The van der Waals surface area contributed by atoms with E-state index in [0.717, 1.165) is 0 Å². The van der Waals surface area contributed by atoms with Gasteiger partial charge in [0.15, 0.2) is 0 Å². The number of hydrogen-bond donors (Lipinski definition) is 0. The van der Waals surface area contributed by atoms with Gasteiger partial charge in [0.1, 0.15) is 0 Å². The van der Waals surface area contributed by atoms with Crippen LogP contribution < -0.4 is 0 Å². The second kappa shape index (κ2) is 5.16. The molecule has 0 aliphatic rings. The van der Waals surface area contributed by atoms with Gasteiger partial charge < -0.3 is 0 Å². The van der Waals surface area contributed by atoms with Crippen LogP contribution in [0.4, 0.5) is 0 Å². The zero-order valence-corrected chi connectivity index (χ0v) is 11.4. The van der Waals surface area contributed by atoms with Crippen LogP contribution in [0.25, 0.3) is 11.3 Å². The summed E-state index contributed by atoms with van der Waals surface area (Å²) in [6.07, 6.45) is -0.716. The van der Waals surface area contributed by atoms with E-state index < -0.39 is 25.5 Å². The first kappa shape index (κ1) is 6.69. The third-order valence-corrected chi connectivity index (χ3v) is 2.59. The van der Waals surface area contributed by atoms with Crippen molar-refractivity contribution in [2.24, 2.45) is 5.41 Å². The van der Waals surface area contributed by atoms with Crippen LogP contribution in [0, 0.1) is 19.1 Å². The normalized spacial score (nSPS) is 19.9. The summed E-state index contributed by atoms with van der Waals surface area (Å²) in [4.78, 5) is 4.20. The van der Waals surface area contributed by atoms with E-state index >= 15 is 0 Å². The van der Waals surface area contributed by atoms with Crippen LogP contribution in [-0.2, 0) is 6.37 Å². The van der Waals surface area contributed by atoms with Gasteiger partial charge in [-0.1, -0.05) is 50.6 Å². The molecule has 0 saturated carbocycles. The van der Waals surface area contributed by atoms with E-state index in [4.69, 9.17) is 11.0 Å². The first-order valence-corrected chi connectivity index (χ1v) is 6.17. The molecule has 2 rings (SSSR count). The van der Waals surface area contributed by atoms with Crippen molar-refractivity contribution in [1.82, 2.24) is 4.98 Å². The van der Waals surface area contributed by atoms with Gasteiger partial charge in [-0.05, 0) is 42.7 Å². The highest BCUT2D eigenvalue weighted by Crippen LogP contribution is 2.26. The summed E-state index contributed by atoms with van der Waals surface area (Å²) < 4.78 is 62.6. The molecule has 0 saturated heterocycles. The molecule has 0 amide bonds. The number of pyridine rings is 1. The van der Waals surface area contributed by atoms with Gasteiger partial charge in [-0.25, -0.2) is 0 Å². The Morgan fingerprint density at radius 2 is 1.89 bits per heavy atom. The van der Waals surface area contributed by atoms with Crippen LogP contribution in [0.15, 0.2) is 36.5 Å². The molecule has 0 aliphatic carbocycles. The van der Waals surface area contributed by atoms with E-state index in [0.29, 0.717) is 11.3 Å². The highest BCUT2D eigenvalue weighted by molar-refractivity contribution is 5.60. The third kappa shape index (κ3) is 3.66. The summed E-state index contributed by atoms with van der Waals surface area (Å²) >= 11 is 0. The molecule has 1 heteroatoms. The predicted molar refractivity (Wildman–Crippen MR) is 82.3 cm³/mol. The minimum absolute atomic E-state index is 0.0693. The van der Waals surface area contributed by atoms with Crippen LogP contribution >= 0.6 is 0 Å². The van der Waals surface area contributed by atoms with Gasteiger partial charge in [-0.3, -0.25) is 4.98 Å². The smallest absolute Gasteiger partial charge is 0.0704 e. The van der Waals surface area contributed by atoms with E-state index in [1.807, 2.05) is 0 Å². The number of nitrogens with zero attached hydrogens (tertiary/aromatic N) is 1. The lowest BCUT2D eigenvalue weighted by molar-refractivity contribution is 0.410. The van der Waals surface area contributed by atoms with Gasteiger partial charge in [-0.2, -0.15) is 0 Å². The van der Waals surface area contributed by atoms with Crippen molar-refractivity contribution in [2.45, 2.75) is 40.8 Å². The van der Waals surface area contributed by atoms with Gasteiger partial charge in [0.05, 0.1) is 5.69 Å². The maximum Gasteiger partial charge on any atom is 0.0704 e. The SMILES string of the molecule is [2H]C([2H])([2H])c1ccc(-c2cc(C([2H])([2H])C(C)(C)C)c(C([2H])([2H])[2H])cn2)cc1. The summed E-state index contributed by atoms with van der Waals surface area (Å²) in [6, 6.07) is 7.59. The molecule has 1 heterocycles. The number of rotatable bonds is 2. The van der Waals surface area contributed by atoms with Crippen LogP contribution in [0.1, 0.15) is 48.4 Å². The maximum absolute atomic E-state index is 8.53. The van der Waals surface area contributed by atoms with Crippen molar-refractivity contribution < 1.29 is 11.0 Å². The maximum atomic E-state index is 8.53. The molecule has 0 N–H and O–H groups in total. The monoisotopic (exact) mass is 261 g/mol. The molecular formula is C18H23N. The van der Waals surface area contributed by atoms with Crippen LogP contribution in [-0.4, -0.2) is 4.98 Å². The van der Waals surface area contributed by atoms with Gasteiger partial charge >= 0.3 is 0 Å². The lowest BCUT2D eigenvalue weighted by Gasteiger charge is -2.20. The van der Waals surface area contributed by atoms with E-state index in [1.54, 1.807) is 32.9 Å². The van der Waals surface area contributed by atoms with E-state index in [1.165, 1.54) is 24.4 Å². The zero-order valence-electron chi connectivity index (χ0n) is 19.4. The summed E-state index contributed by atoms with van der Waals surface area (Å²) in [5, 5.41) is 0. The van der Waals surface area contributed by atoms with Crippen molar-refractivity contribution in [2.75, 3.05) is 0 Å². The molecule has 1 aromatic carbocycles. The van der Waals surface area contributed by atoms with Crippen LogP contribution in [0.5, 0.6) is 0 Å². The molecule has 2 aromatic rings. The molecule has 100 valence electrons. The highest BCUT2D eigenvalue weighted by Gasteiger charge is 2.14. The Kier molecular flexibility index (Phi) is 1.82. The summed E-state index contributed by atoms with van der Waals surface area (Å²) in [5.74, 6) is 0. The summed E-state index contributed by atoms with van der Waals surface area (Å²) in [6.45, 7) is 0.418. The van der Waals surface area contributed by atoms with Crippen LogP contribution in [0.2, 0.25) is 0 Å². The standard InChI is InChI=1S/C18H23N/c1-13-6-8-15(9-7-13)17-10-16(11-18(3,4)5)14(2)12-19-17/h6-10,12H,11H2,1-5H3/i1D3,2D3,11D2. The Bertz CT molecular complexity index is 811. The molecule has 0 radical (unpaired) electrons. The molecule has 0 fully saturated rings. The van der Waals surface area contributed by atoms with Gasteiger partial charge in [0, 0.05) is 22.7 Å². The minimum Gasteiger partial charge on any atom is -0.256 e. The lowest BCUT2D eigenvalue weighted by atomic mass is 9.86. The van der Waals surface area contributed by atoms with Crippen molar-refractivity contribution in [3.63, 3.8) is 0 Å². The van der Waals surface area contributed by atoms with Crippen molar-refractivity contribution in [3.05, 3.63) is 53.2 Å². The van der Waals surface area contributed by atoms with E-state index in [2.05, 4.69) is 4.98 Å². The summed E-state index contributed by atoms with van der Waals surface area (Å²) in [7, 11) is 0. The Hall–Kier alpha value is -1.63. The van der Waals surface area contributed by atoms with E-state index in [9.17, 15) is 0 Å². The highest BCUT2D eigenvalue weighted by atomic mass is 14.7. The van der Waals surface area contributed by atoms with Crippen molar-refractivity contribution in [3.8, 4) is 11.3 Å². The number of hydrogen-bond acceptors (Lipinski definition) is 1. The second-order valence-electron chi connectivity index (χ2n) is 5.57. The van der Waals surface area contributed by atoms with Crippen molar-refractivity contribution >= 4 is 0 Å². The zero-order chi connectivity index (χ0) is 20.8. The Morgan fingerprint density at radius 1 is 1.16 bits per heavy atom. The molecule has 0 bridgehead atoms. The molecule has 0 atom stereocenters.